The largest absolute Gasteiger partial charge is 0.463 e. The minimum absolute atomic E-state index is 0.136. The van der Waals surface area contributed by atoms with Gasteiger partial charge in [-0.25, -0.2) is 9.29 Å². The van der Waals surface area contributed by atoms with Crippen molar-refractivity contribution in [2.75, 3.05) is 4.90 Å². The molecule has 3 rings (SSSR count). The number of nitrogens with zero attached hydrogens (tertiary/aromatic N) is 1. The van der Waals surface area contributed by atoms with Gasteiger partial charge < -0.3 is 9.73 Å². The van der Waals surface area contributed by atoms with Gasteiger partial charge in [0.2, 0.25) is 5.91 Å². The summed E-state index contributed by atoms with van der Waals surface area (Å²) >= 11 is 0. The first-order valence-corrected chi connectivity index (χ1v) is 6.63. The van der Waals surface area contributed by atoms with Crippen LogP contribution in [0, 0.1) is 5.82 Å². The quantitative estimate of drug-likeness (QED) is 0.847. The third kappa shape index (κ3) is 2.71. The summed E-state index contributed by atoms with van der Waals surface area (Å²) in [6.07, 6.45) is 1.70. The van der Waals surface area contributed by atoms with E-state index in [9.17, 15) is 14.0 Å². The molecule has 21 heavy (non-hydrogen) atoms. The summed E-state index contributed by atoms with van der Waals surface area (Å²) in [7, 11) is 0. The predicted octanol–water partition coefficient (Wildman–Crippen LogP) is 0.814. The number of anilines is 1. The van der Waals surface area contributed by atoms with E-state index in [0.717, 1.165) is 10.7 Å². The van der Waals surface area contributed by atoms with Gasteiger partial charge in [-0.2, -0.15) is 0 Å². The van der Waals surface area contributed by atoms with E-state index in [0.29, 0.717) is 12.2 Å². The molecule has 1 unspecified atom stereocenters. The van der Waals surface area contributed by atoms with Crippen LogP contribution in [0.2, 0.25) is 0 Å². The molecule has 1 fully saturated rings. The lowest BCUT2D eigenvalue weighted by Gasteiger charge is -2.13. The van der Waals surface area contributed by atoms with Crippen molar-refractivity contribution < 1.29 is 23.7 Å². The number of nitrogens with two attached hydrogens (primary N) is 1. The van der Waals surface area contributed by atoms with Crippen molar-refractivity contribution in [1.82, 2.24) is 0 Å². The number of amides is 2. The monoisotopic (exact) mass is 289 g/mol. The molecule has 1 atom stereocenters. The number of hydrogen-bond donors (Lipinski definition) is 1. The summed E-state index contributed by atoms with van der Waals surface area (Å²) in [5, 5.41) is 1.78. The molecular weight excluding hydrogens is 275 g/mol. The van der Waals surface area contributed by atoms with Gasteiger partial charge in [-0.3, -0.25) is 9.59 Å². The fourth-order valence-corrected chi connectivity index (χ4v) is 2.39. The first-order valence-electron chi connectivity index (χ1n) is 6.63. The third-order valence-corrected chi connectivity index (χ3v) is 3.45. The van der Waals surface area contributed by atoms with Crippen LogP contribution in [0.4, 0.5) is 10.1 Å². The molecule has 1 aliphatic rings. The van der Waals surface area contributed by atoms with E-state index in [-0.39, 0.29) is 18.2 Å². The molecule has 2 N–H and O–H groups in total. The van der Waals surface area contributed by atoms with E-state index in [2.05, 4.69) is 0 Å². The number of hydrogen-bond acceptors (Lipinski definition) is 3. The molecule has 0 aliphatic carbocycles. The summed E-state index contributed by atoms with van der Waals surface area (Å²) in [5.41, 5.74) is 0.403. The van der Waals surface area contributed by atoms with Crippen molar-refractivity contribution in [2.24, 2.45) is 0 Å². The van der Waals surface area contributed by atoms with Crippen LogP contribution in [0.5, 0.6) is 0 Å². The Labute approximate surface area is 120 Å². The Morgan fingerprint density at radius 3 is 2.67 bits per heavy atom. The van der Waals surface area contributed by atoms with Crippen molar-refractivity contribution in [3.63, 3.8) is 0 Å². The van der Waals surface area contributed by atoms with Crippen LogP contribution in [0.15, 0.2) is 47.1 Å². The van der Waals surface area contributed by atoms with E-state index >= 15 is 0 Å². The second-order valence-electron chi connectivity index (χ2n) is 4.87. The Kier molecular flexibility index (Phi) is 3.53. The molecule has 1 saturated heterocycles. The van der Waals surface area contributed by atoms with Gasteiger partial charge in [0, 0.05) is 0 Å². The van der Waals surface area contributed by atoms with Crippen LogP contribution >= 0.6 is 0 Å². The number of furan rings is 1. The fraction of sp³-hybridized carbons (Fsp3) is 0.200. The number of imide groups is 1. The molecule has 1 aromatic heterocycles. The minimum Gasteiger partial charge on any atom is -0.463 e. The fourth-order valence-electron chi connectivity index (χ4n) is 2.39. The first kappa shape index (κ1) is 13.5. The highest BCUT2D eigenvalue weighted by atomic mass is 19.1. The summed E-state index contributed by atoms with van der Waals surface area (Å²) in [6.45, 7) is 0.494. The minimum atomic E-state index is -0.465. The predicted molar refractivity (Wildman–Crippen MR) is 71.6 cm³/mol. The topological polar surface area (TPSA) is 67.1 Å². The van der Waals surface area contributed by atoms with Crippen LogP contribution in [0.25, 0.3) is 0 Å². The molecule has 6 heteroatoms. The molecule has 0 saturated carbocycles. The lowest BCUT2D eigenvalue weighted by molar-refractivity contribution is -0.691. The maximum absolute atomic E-state index is 12.9. The van der Waals surface area contributed by atoms with E-state index in [1.807, 2.05) is 6.07 Å². The Morgan fingerprint density at radius 2 is 2.00 bits per heavy atom. The second-order valence-corrected chi connectivity index (χ2v) is 4.87. The van der Waals surface area contributed by atoms with Gasteiger partial charge in [-0.05, 0) is 36.4 Å². The van der Waals surface area contributed by atoms with Crippen molar-refractivity contribution in [3.05, 3.63) is 54.2 Å². The summed E-state index contributed by atoms with van der Waals surface area (Å²) in [4.78, 5) is 25.4. The molecule has 1 aromatic carbocycles. The molecule has 108 valence electrons. The zero-order valence-electron chi connectivity index (χ0n) is 11.2. The van der Waals surface area contributed by atoms with Gasteiger partial charge in [0.25, 0.3) is 5.91 Å². The van der Waals surface area contributed by atoms with E-state index in [1.54, 1.807) is 17.6 Å². The maximum Gasteiger partial charge on any atom is 0.292 e. The smallest absolute Gasteiger partial charge is 0.292 e. The first-order chi connectivity index (χ1) is 10.1. The Bertz CT molecular complexity index is 652. The highest BCUT2D eigenvalue weighted by molar-refractivity contribution is 6.21. The van der Waals surface area contributed by atoms with Crippen molar-refractivity contribution in [1.29, 1.82) is 0 Å². The van der Waals surface area contributed by atoms with Crippen molar-refractivity contribution in [3.8, 4) is 0 Å². The molecule has 2 aromatic rings. The lowest BCUT2D eigenvalue weighted by atomic mass is 10.2. The number of carbonyl (C=O) groups is 2. The lowest BCUT2D eigenvalue weighted by Crippen LogP contribution is -2.90. The number of halogens is 1. The Balaban J connectivity index is 1.71. The number of rotatable bonds is 4. The molecule has 5 nitrogen and oxygen atoms in total. The zero-order chi connectivity index (χ0) is 14.8. The third-order valence-electron chi connectivity index (χ3n) is 3.45. The number of carbonyl (C=O) groups excluding carboxylic acids is 2. The van der Waals surface area contributed by atoms with Crippen LogP contribution in [-0.2, 0) is 16.1 Å². The molecular formula is C15H14FN2O3+. The van der Waals surface area contributed by atoms with Gasteiger partial charge >= 0.3 is 0 Å². The zero-order valence-corrected chi connectivity index (χ0v) is 11.2. The van der Waals surface area contributed by atoms with Crippen LogP contribution in [0.1, 0.15) is 12.2 Å². The Hall–Kier alpha value is -2.47. The van der Waals surface area contributed by atoms with Gasteiger partial charge in [0.15, 0.2) is 11.8 Å². The van der Waals surface area contributed by atoms with Crippen molar-refractivity contribution >= 4 is 17.5 Å². The van der Waals surface area contributed by atoms with Gasteiger partial charge in [-0.15, -0.1) is 0 Å². The molecule has 1 aliphatic heterocycles. The summed E-state index contributed by atoms with van der Waals surface area (Å²) < 4.78 is 18.1. The molecule has 0 spiro atoms. The van der Waals surface area contributed by atoms with E-state index in [1.165, 1.54) is 24.3 Å². The average Bonchev–Trinajstić information content (AvgIpc) is 3.07. The van der Waals surface area contributed by atoms with Crippen LogP contribution < -0.4 is 10.2 Å². The van der Waals surface area contributed by atoms with Crippen LogP contribution in [-0.4, -0.2) is 17.9 Å². The SMILES string of the molecule is O=C1CC([NH2+]Cc2ccco2)C(=O)N1c1ccc(F)cc1. The van der Waals surface area contributed by atoms with Gasteiger partial charge in [0.1, 0.15) is 12.4 Å². The second kappa shape index (κ2) is 5.49. The molecule has 2 heterocycles. The van der Waals surface area contributed by atoms with Gasteiger partial charge in [0.05, 0.1) is 18.4 Å². The highest BCUT2D eigenvalue weighted by Gasteiger charge is 2.42. The van der Waals surface area contributed by atoms with Gasteiger partial charge in [-0.1, -0.05) is 0 Å². The summed E-state index contributed by atoms with van der Waals surface area (Å²) in [6, 6.07) is 8.45. The average molecular weight is 289 g/mol. The molecule has 0 bridgehead atoms. The van der Waals surface area contributed by atoms with Crippen molar-refractivity contribution in [2.45, 2.75) is 19.0 Å². The normalized spacial score (nSPS) is 18.5. The van der Waals surface area contributed by atoms with Crippen LogP contribution in [0.3, 0.4) is 0 Å². The molecule has 2 amide bonds. The standard InChI is InChI=1S/C15H13FN2O3/c16-10-3-5-11(6-4-10)18-14(19)8-13(15(18)20)17-9-12-2-1-7-21-12/h1-7,13,17H,8-9H2/p+1. The maximum atomic E-state index is 12.9. The molecule has 0 radical (unpaired) electrons. The van der Waals surface area contributed by atoms with E-state index < -0.39 is 11.9 Å². The number of benzene rings is 1. The van der Waals surface area contributed by atoms with E-state index in [4.69, 9.17) is 4.42 Å². The Morgan fingerprint density at radius 1 is 1.24 bits per heavy atom. The number of quaternary nitrogens is 1. The highest BCUT2D eigenvalue weighted by Crippen LogP contribution is 2.21. The summed E-state index contributed by atoms with van der Waals surface area (Å²) in [5.74, 6) is -0.209.